The van der Waals surface area contributed by atoms with Crippen LogP contribution in [0.2, 0.25) is 0 Å². The van der Waals surface area contributed by atoms with Gasteiger partial charge in [-0.25, -0.2) is 0 Å². The van der Waals surface area contributed by atoms with Crippen LogP contribution >= 0.6 is 23.1 Å². The van der Waals surface area contributed by atoms with Gasteiger partial charge in [-0.2, -0.15) is 0 Å². The molecule has 19 heavy (non-hydrogen) atoms. The van der Waals surface area contributed by atoms with Crippen LogP contribution in [-0.4, -0.2) is 17.3 Å². The summed E-state index contributed by atoms with van der Waals surface area (Å²) in [4.78, 5) is 2.04. The molecule has 100 valence electrons. The fourth-order valence-electron chi connectivity index (χ4n) is 1.65. The molecule has 1 heterocycles. The number of amidine groups is 1. The topological polar surface area (TPSA) is 67.8 Å². The number of benzene rings is 1. The van der Waals surface area contributed by atoms with E-state index in [1.807, 2.05) is 42.0 Å². The van der Waals surface area contributed by atoms with Gasteiger partial charge in [0.25, 0.3) is 0 Å². The molecule has 1 aromatic heterocycles. The van der Waals surface area contributed by atoms with Crippen LogP contribution in [0, 0.1) is 0 Å². The number of thiophene rings is 1. The SMILES string of the molecule is CSc1cccc(OCc2cccs2)c1/C(N)=N/O. The normalized spacial score (nSPS) is 11.5. The lowest BCUT2D eigenvalue weighted by Crippen LogP contribution is -2.16. The van der Waals surface area contributed by atoms with E-state index in [0.29, 0.717) is 17.9 Å². The molecule has 6 heteroatoms. The first kappa shape index (κ1) is 13.8. The number of ether oxygens (including phenoxy) is 1. The van der Waals surface area contributed by atoms with Crippen LogP contribution in [0.15, 0.2) is 45.8 Å². The van der Waals surface area contributed by atoms with E-state index >= 15 is 0 Å². The molecular formula is C13H14N2O2S2. The van der Waals surface area contributed by atoms with Gasteiger partial charge in [0.1, 0.15) is 12.4 Å². The van der Waals surface area contributed by atoms with Gasteiger partial charge in [0.05, 0.1) is 5.56 Å². The molecule has 0 saturated carbocycles. The molecule has 0 unspecified atom stereocenters. The zero-order valence-electron chi connectivity index (χ0n) is 10.4. The van der Waals surface area contributed by atoms with E-state index < -0.39 is 0 Å². The predicted molar refractivity (Wildman–Crippen MR) is 79.4 cm³/mol. The van der Waals surface area contributed by atoms with Crippen molar-refractivity contribution in [1.82, 2.24) is 0 Å². The number of hydrogen-bond acceptors (Lipinski definition) is 5. The number of hydrogen-bond donors (Lipinski definition) is 2. The quantitative estimate of drug-likeness (QED) is 0.292. The van der Waals surface area contributed by atoms with Gasteiger partial charge in [0.15, 0.2) is 5.84 Å². The minimum atomic E-state index is 0.0612. The molecular weight excluding hydrogens is 280 g/mol. The molecule has 0 fully saturated rings. The van der Waals surface area contributed by atoms with Gasteiger partial charge in [-0.15, -0.1) is 23.1 Å². The summed E-state index contributed by atoms with van der Waals surface area (Å²) in [6, 6.07) is 9.61. The zero-order valence-corrected chi connectivity index (χ0v) is 12.0. The Bertz CT molecular complexity index is 568. The number of nitrogens with two attached hydrogens (primary N) is 1. The maximum Gasteiger partial charge on any atom is 0.174 e. The Morgan fingerprint density at radius 2 is 2.26 bits per heavy atom. The average Bonchev–Trinajstić information content (AvgIpc) is 2.97. The second-order valence-corrected chi connectivity index (χ2v) is 5.57. The first-order chi connectivity index (χ1) is 9.26. The highest BCUT2D eigenvalue weighted by Gasteiger charge is 2.13. The molecule has 0 bridgehead atoms. The first-order valence-corrected chi connectivity index (χ1v) is 7.66. The minimum Gasteiger partial charge on any atom is -0.487 e. The predicted octanol–water partition coefficient (Wildman–Crippen LogP) is 3.14. The first-order valence-electron chi connectivity index (χ1n) is 5.56. The van der Waals surface area contributed by atoms with Crippen LogP contribution in [0.3, 0.4) is 0 Å². The lowest BCUT2D eigenvalue weighted by atomic mass is 10.2. The Morgan fingerprint density at radius 3 is 2.89 bits per heavy atom. The summed E-state index contributed by atoms with van der Waals surface area (Å²) in [5.74, 6) is 0.682. The zero-order chi connectivity index (χ0) is 13.7. The maximum atomic E-state index is 8.89. The molecule has 0 radical (unpaired) electrons. The second-order valence-electron chi connectivity index (χ2n) is 3.69. The molecule has 0 saturated heterocycles. The third-order valence-electron chi connectivity index (χ3n) is 2.52. The van der Waals surface area contributed by atoms with Crippen molar-refractivity contribution >= 4 is 28.9 Å². The summed E-state index contributed by atoms with van der Waals surface area (Å²) in [5, 5.41) is 14.0. The summed E-state index contributed by atoms with van der Waals surface area (Å²) in [6.07, 6.45) is 1.94. The van der Waals surface area contributed by atoms with Crippen molar-refractivity contribution in [3.8, 4) is 5.75 Å². The molecule has 2 rings (SSSR count). The Morgan fingerprint density at radius 1 is 1.42 bits per heavy atom. The van der Waals surface area contributed by atoms with Crippen LogP contribution in [0.4, 0.5) is 0 Å². The highest BCUT2D eigenvalue weighted by Crippen LogP contribution is 2.29. The lowest BCUT2D eigenvalue weighted by molar-refractivity contribution is 0.305. The van der Waals surface area contributed by atoms with Gasteiger partial charge in [0.2, 0.25) is 0 Å². The molecule has 0 amide bonds. The Hall–Kier alpha value is -1.66. The van der Waals surface area contributed by atoms with Gasteiger partial charge in [-0.1, -0.05) is 17.3 Å². The van der Waals surface area contributed by atoms with Crippen molar-refractivity contribution in [2.24, 2.45) is 10.9 Å². The summed E-state index contributed by atoms with van der Waals surface area (Å²) in [6.45, 7) is 0.473. The van der Waals surface area contributed by atoms with Crippen molar-refractivity contribution in [3.05, 3.63) is 46.2 Å². The summed E-state index contributed by atoms with van der Waals surface area (Å²) in [7, 11) is 0. The van der Waals surface area contributed by atoms with Crippen LogP contribution in [-0.2, 0) is 6.61 Å². The van der Waals surface area contributed by atoms with Crippen molar-refractivity contribution in [2.45, 2.75) is 11.5 Å². The highest BCUT2D eigenvalue weighted by atomic mass is 32.2. The minimum absolute atomic E-state index is 0.0612. The van der Waals surface area contributed by atoms with Gasteiger partial charge >= 0.3 is 0 Å². The molecule has 3 N–H and O–H groups in total. The standard InChI is InChI=1S/C13H14N2O2S2/c1-18-11-6-2-5-10(12(11)13(14)15-16)17-8-9-4-3-7-19-9/h2-7,16H,8H2,1H3,(H2,14,15). The summed E-state index contributed by atoms with van der Waals surface area (Å²) >= 11 is 3.16. The number of oxime groups is 1. The van der Waals surface area contributed by atoms with E-state index in [-0.39, 0.29) is 5.84 Å². The van der Waals surface area contributed by atoms with Crippen LogP contribution in [0.1, 0.15) is 10.4 Å². The Kier molecular flexibility index (Phi) is 4.70. The summed E-state index contributed by atoms with van der Waals surface area (Å²) in [5.41, 5.74) is 6.36. The molecule has 0 aliphatic rings. The largest absolute Gasteiger partial charge is 0.487 e. The van der Waals surface area contributed by atoms with E-state index in [0.717, 1.165) is 9.77 Å². The van der Waals surface area contributed by atoms with E-state index in [2.05, 4.69) is 5.16 Å². The summed E-state index contributed by atoms with van der Waals surface area (Å²) < 4.78 is 5.77. The molecule has 0 atom stereocenters. The average molecular weight is 294 g/mol. The molecule has 0 aliphatic carbocycles. The van der Waals surface area contributed by atoms with E-state index in [1.165, 1.54) is 11.8 Å². The van der Waals surface area contributed by atoms with E-state index in [4.69, 9.17) is 15.7 Å². The van der Waals surface area contributed by atoms with Crippen LogP contribution in [0.5, 0.6) is 5.75 Å². The monoisotopic (exact) mass is 294 g/mol. The third kappa shape index (κ3) is 3.21. The van der Waals surface area contributed by atoms with Crippen molar-refractivity contribution in [2.75, 3.05) is 6.26 Å². The lowest BCUT2D eigenvalue weighted by Gasteiger charge is -2.13. The molecule has 4 nitrogen and oxygen atoms in total. The smallest absolute Gasteiger partial charge is 0.174 e. The van der Waals surface area contributed by atoms with Gasteiger partial charge in [-0.05, 0) is 29.8 Å². The molecule has 0 aliphatic heterocycles. The van der Waals surface area contributed by atoms with Gasteiger partial charge in [-0.3, -0.25) is 0 Å². The molecule has 2 aromatic rings. The van der Waals surface area contributed by atoms with E-state index in [9.17, 15) is 0 Å². The van der Waals surface area contributed by atoms with Crippen LogP contribution in [0.25, 0.3) is 0 Å². The fraction of sp³-hybridized carbons (Fsp3) is 0.154. The second kappa shape index (κ2) is 6.49. The number of thioether (sulfide) groups is 1. The number of nitrogens with zero attached hydrogens (tertiary/aromatic N) is 1. The molecule has 1 aromatic carbocycles. The highest BCUT2D eigenvalue weighted by molar-refractivity contribution is 7.98. The number of rotatable bonds is 5. The van der Waals surface area contributed by atoms with E-state index in [1.54, 1.807) is 11.3 Å². The molecule has 0 spiro atoms. The van der Waals surface area contributed by atoms with Gasteiger partial charge in [0, 0.05) is 9.77 Å². The Balaban J connectivity index is 2.28. The van der Waals surface area contributed by atoms with Crippen molar-refractivity contribution in [1.29, 1.82) is 0 Å². The van der Waals surface area contributed by atoms with Crippen LogP contribution < -0.4 is 10.5 Å². The third-order valence-corrected chi connectivity index (χ3v) is 4.15. The van der Waals surface area contributed by atoms with Crippen molar-refractivity contribution < 1.29 is 9.94 Å². The van der Waals surface area contributed by atoms with Gasteiger partial charge < -0.3 is 15.7 Å². The van der Waals surface area contributed by atoms with Crippen molar-refractivity contribution in [3.63, 3.8) is 0 Å². The fourth-order valence-corrected chi connectivity index (χ4v) is 2.89. The Labute approximate surface area is 119 Å². The maximum absolute atomic E-state index is 8.89.